The maximum atomic E-state index is 12.6. The first-order chi connectivity index (χ1) is 10.1. The van der Waals surface area contributed by atoms with Gasteiger partial charge in [0.15, 0.2) is 0 Å². The van der Waals surface area contributed by atoms with Crippen molar-refractivity contribution >= 4 is 22.6 Å². The van der Waals surface area contributed by atoms with E-state index >= 15 is 0 Å². The zero-order valence-electron chi connectivity index (χ0n) is 12.4. The Balaban J connectivity index is 1.56. The number of morpholine rings is 1. The zero-order valence-corrected chi connectivity index (χ0v) is 13.2. The van der Waals surface area contributed by atoms with Gasteiger partial charge in [-0.2, -0.15) is 4.37 Å². The average molecular weight is 311 g/mol. The number of amides is 1. The van der Waals surface area contributed by atoms with Crippen LogP contribution in [0.3, 0.4) is 0 Å². The Morgan fingerprint density at radius 3 is 2.76 bits per heavy atom. The van der Waals surface area contributed by atoms with Crippen LogP contribution in [0.4, 0.5) is 5.13 Å². The van der Waals surface area contributed by atoms with Gasteiger partial charge in [-0.05, 0) is 13.8 Å². The van der Waals surface area contributed by atoms with Gasteiger partial charge in [0.2, 0.25) is 11.0 Å². The summed E-state index contributed by atoms with van der Waals surface area (Å²) in [5.41, 5.74) is 0. The Hall–Kier alpha value is -1.25. The molecule has 21 heavy (non-hydrogen) atoms. The second-order valence-electron chi connectivity index (χ2n) is 5.44. The first kappa shape index (κ1) is 14.7. The Kier molecular flexibility index (Phi) is 4.37. The minimum atomic E-state index is -0.214. The van der Waals surface area contributed by atoms with Gasteiger partial charge in [-0.3, -0.25) is 4.79 Å². The van der Waals surface area contributed by atoms with E-state index in [1.807, 2.05) is 18.7 Å². The summed E-state index contributed by atoms with van der Waals surface area (Å²) in [7, 11) is 0. The van der Waals surface area contributed by atoms with Gasteiger partial charge in [0.05, 0.1) is 12.7 Å². The molecule has 0 aliphatic carbocycles. The number of piperazine rings is 1. The molecule has 2 atom stereocenters. The molecule has 1 aromatic rings. The molecule has 3 rings (SSSR count). The van der Waals surface area contributed by atoms with E-state index in [-0.39, 0.29) is 18.1 Å². The van der Waals surface area contributed by atoms with Crippen LogP contribution in [-0.2, 0) is 9.53 Å². The number of rotatable bonds is 2. The number of nitrogens with zero attached hydrogens (tertiary/aromatic N) is 4. The van der Waals surface area contributed by atoms with Crippen LogP contribution in [0.2, 0.25) is 0 Å². The van der Waals surface area contributed by atoms with Crippen LogP contribution in [-0.4, -0.2) is 71.6 Å². The number of aryl methyl sites for hydroxylation is 1. The topological polar surface area (TPSA) is 70.6 Å². The van der Waals surface area contributed by atoms with E-state index in [2.05, 4.69) is 19.6 Å². The molecular weight excluding hydrogens is 290 g/mol. The standard InChI is InChI=1S/C13H21N5O2S/c1-9-11(14-3-8-20-9)12(19)17-4-6-18(7-5-17)13-15-10(2)16-21-13/h9,11,14H,3-8H2,1-2H3/t9-,11+/m1/s1. The first-order valence-electron chi connectivity index (χ1n) is 7.34. The molecular formula is C13H21N5O2S. The smallest absolute Gasteiger partial charge is 0.242 e. The molecule has 3 heterocycles. The average Bonchev–Trinajstić information content (AvgIpc) is 2.94. The lowest BCUT2D eigenvalue weighted by molar-refractivity contribution is -0.139. The molecule has 2 aliphatic rings. The van der Waals surface area contributed by atoms with Crippen molar-refractivity contribution < 1.29 is 9.53 Å². The maximum absolute atomic E-state index is 12.6. The predicted octanol–water partition coefficient (Wildman–Crippen LogP) is -0.128. The first-order valence-corrected chi connectivity index (χ1v) is 8.11. The summed E-state index contributed by atoms with van der Waals surface area (Å²) in [5, 5.41) is 4.21. The molecule has 1 amide bonds. The highest BCUT2D eigenvalue weighted by Crippen LogP contribution is 2.19. The van der Waals surface area contributed by atoms with Gasteiger partial charge in [-0.15, -0.1) is 0 Å². The number of carbonyl (C=O) groups excluding carboxylic acids is 1. The molecule has 0 spiro atoms. The van der Waals surface area contributed by atoms with Crippen LogP contribution in [0.15, 0.2) is 0 Å². The summed E-state index contributed by atoms with van der Waals surface area (Å²) in [5.74, 6) is 0.959. The molecule has 1 aromatic heterocycles. The van der Waals surface area contributed by atoms with Gasteiger partial charge in [-0.1, -0.05) is 0 Å². The lowest BCUT2D eigenvalue weighted by Crippen LogP contribution is -2.59. The Morgan fingerprint density at radius 2 is 2.14 bits per heavy atom. The second kappa shape index (κ2) is 6.25. The largest absolute Gasteiger partial charge is 0.375 e. The van der Waals surface area contributed by atoms with E-state index in [4.69, 9.17) is 4.74 Å². The molecule has 1 N–H and O–H groups in total. The summed E-state index contributed by atoms with van der Waals surface area (Å²) in [6.07, 6.45) is -0.0601. The molecule has 2 fully saturated rings. The third-order valence-corrected chi connectivity index (χ3v) is 4.83. The van der Waals surface area contributed by atoms with Gasteiger partial charge >= 0.3 is 0 Å². The number of aromatic nitrogens is 2. The van der Waals surface area contributed by atoms with Crippen molar-refractivity contribution in [3.8, 4) is 0 Å². The fourth-order valence-corrected chi connectivity index (χ4v) is 3.46. The van der Waals surface area contributed by atoms with Gasteiger partial charge in [0.1, 0.15) is 11.9 Å². The molecule has 2 saturated heterocycles. The lowest BCUT2D eigenvalue weighted by atomic mass is 10.1. The Labute approximate surface area is 128 Å². The van der Waals surface area contributed by atoms with Crippen molar-refractivity contribution in [1.29, 1.82) is 0 Å². The summed E-state index contributed by atoms with van der Waals surface area (Å²) in [6.45, 7) is 8.33. The van der Waals surface area contributed by atoms with Crippen LogP contribution in [0.25, 0.3) is 0 Å². The highest BCUT2D eigenvalue weighted by molar-refractivity contribution is 7.09. The fourth-order valence-electron chi connectivity index (χ4n) is 2.74. The number of nitrogens with one attached hydrogen (secondary N) is 1. The minimum Gasteiger partial charge on any atom is -0.375 e. The molecule has 0 unspecified atom stereocenters. The summed E-state index contributed by atoms with van der Waals surface area (Å²) in [6, 6.07) is -0.214. The van der Waals surface area contributed by atoms with Gasteiger partial charge in [-0.25, -0.2) is 4.98 Å². The van der Waals surface area contributed by atoms with Gasteiger partial charge in [0, 0.05) is 44.3 Å². The van der Waals surface area contributed by atoms with Gasteiger partial charge in [0.25, 0.3) is 0 Å². The molecule has 0 saturated carbocycles. The normalized spacial score (nSPS) is 27.0. The number of hydrogen-bond donors (Lipinski definition) is 1. The summed E-state index contributed by atoms with van der Waals surface area (Å²) >= 11 is 1.42. The molecule has 116 valence electrons. The Morgan fingerprint density at radius 1 is 1.38 bits per heavy atom. The number of carbonyl (C=O) groups is 1. The van der Waals surface area contributed by atoms with Gasteiger partial charge < -0.3 is 19.9 Å². The summed E-state index contributed by atoms with van der Waals surface area (Å²) in [4.78, 5) is 21.1. The molecule has 7 nitrogen and oxygen atoms in total. The quantitative estimate of drug-likeness (QED) is 0.821. The molecule has 0 radical (unpaired) electrons. The van der Waals surface area contributed by atoms with E-state index in [9.17, 15) is 4.79 Å². The van der Waals surface area contributed by atoms with Crippen LogP contribution >= 0.6 is 11.5 Å². The summed E-state index contributed by atoms with van der Waals surface area (Å²) < 4.78 is 9.77. The monoisotopic (exact) mass is 311 g/mol. The van der Waals surface area contributed by atoms with Crippen molar-refractivity contribution in [1.82, 2.24) is 19.6 Å². The van der Waals surface area contributed by atoms with E-state index < -0.39 is 0 Å². The highest BCUT2D eigenvalue weighted by Gasteiger charge is 2.33. The molecule has 8 heteroatoms. The second-order valence-corrected chi connectivity index (χ2v) is 6.17. The van der Waals surface area contributed by atoms with Crippen molar-refractivity contribution in [2.45, 2.75) is 26.0 Å². The number of anilines is 1. The lowest BCUT2D eigenvalue weighted by Gasteiger charge is -2.38. The maximum Gasteiger partial charge on any atom is 0.242 e. The number of ether oxygens (including phenoxy) is 1. The van der Waals surface area contributed by atoms with Crippen molar-refractivity contribution in [3.05, 3.63) is 5.82 Å². The third kappa shape index (κ3) is 3.17. The van der Waals surface area contributed by atoms with Crippen LogP contribution in [0.1, 0.15) is 12.7 Å². The van der Waals surface area contributed by atoms with E-state index in [1.54, 1.807) is 0 Å². The fraction of sp³-hybridized carbons (Fsp3) is 0.769. The molecule has 0 aromatic carbocycles. The number of hydrogen-bond acceptors (Lipinski definition) is 7. The molecule has 0 bridgehead atoms. The van der Waals surface area contributed by atoms with E-state index in [0.717, 1.165) is 43.7 Å². The Bertz CT molecular complexity index is 501. The van der Waals surface area contributed by atoms with Crippen molar-refractivity contribution in [3.63, 3.8) is 0 Å². The van der Waals surface area contributed by atoms with Crippen LogP contribution < -0.4 is 10.2 Å². The zero-order chi connectivity index (χ0) is 14.8. The van der Waals surface area contributed by atoms with E-state index in [0.29, 0.717) is 6.61 Å². The van der Waals surface area contributed by atoms with Crippen LogP contribution in [0.5, 0.6) is 0 Å². The van der Waals surface area contributed by atoms with Crippen LogP contribution in [0, 0.1) is 6.92 Å². The molecule has 2 aliphatic heterocycles. The van der Waals surface area contributed by atoms with E-state index in [1.165, 1.54) is 11.5 Å². The van der Waals surface area contributed by atoms with Crippen molar-refractivity contribution in [2.75, 3.05) is 44.2 Å². The highest BCUT2D eigenvalue weighted by atomic mass is 32.1. The predicted molar refractivity (Wildman–Crippen MR) is 80.6 cm³/mol. The minimum absolute atomic E-state index is 0.0601. The SMILES string of the molecule is Cc1nsc(N2CCN(C(=O)[C@H]3NCCO[C@@H]3C)CC2)n1. The third-order valence-electron chi connectivity index (χ3n) is 3.96. The van der Waals surface area contributed by atoms with Crippen molar-refractivity contribution in [2.24, 2.45) is 0 Å².